The van der Waals surface area contributed by atoms with Crippen LogP contribution < -0.4 is 0 Å². The standard InChI is InChI=1S/C7H12BO4/c1-8-5(7(10)12-3)4-6(9)11-2/h5H,4H2,1-3H3. The van der Waals surface area contributed by atoms with Crippen LogP contribution in [0, 0.1) is 0 Å². The zero-order chi connectivity index (χ0) is 9.56. The quantitative estimate of drug-likeness (QED) is 0.449. The van der Waals surface area contributed by atoms with E-state index in [9.17, 15) is 9.59 Å². The molecule has 67 valence electrons. The van der Waals surface area contributed by atoms with Gasteiger partial charge >= 0.3 is 11.9 Å². The first-order valence-electron chi connectivity index (χ1n) is 3.59. The number of carbonyl (C=O) groups excluding carboxylic acids is 2. The fraction of sp³-hybridized carbons (Fsp3) is 0.714. The van der Waals surface area contributed by atoms with Crippen LogP contribution in [0.25, 0.3) is 0 Å². The van der Waals surface area contributed by atoms with E-state index >= 15 is 0 Å². The van der Waals surface area contributed by atoms with Crippen LogP contribution in [0.1, 0.15) is 6.42 Å². The largest absolute Gasteiger partial charge is 0.469 e. The lowest BCUT2D eigenvalue weighted by atomic mass is 9.65. The van der Waals surface area contributed by atoms with Gasteiger partial charge in [0.15, 0.2) is 0 Å². The van der Waals surface area contributed by atoms with E-state index in [1.54, 1.807) is 14.1 Å². The Bertz CT molecular complexity index is 169. The molecule has 0 aromatic carbocycles. The topological polar surface area (TPSA) is 52.6 Å². The van der Waals surface area contributed by atoms with Crippen molar-refractivity contribution in [3.63, 3.8) is 0 Å². The Labute approximate surface area is 72.5 Å². The van der Waals surface area contributed by atoms with Gasteiger partial charge < -0.3 is 9.47 Å². The zero-order valence-corrected chi connectivity index (χ0v) is 7.49. The molecular weight excluding hydrogens is 159 g/mol. The molecule has 0 rings (SSSR count). The van der Waals surface area contributed by atoms with Crippen molar-refractivity contribution in [2.75, 3.05) is 14.2 Å². The van der Waals surface area contributed by atoms with Gasteiger partial charge in [0, 0.05) is 5.82 Å². The first kappa shape index (κ1) is 11.0. The van der Waals surface area contributed by atoms with Gasteiger partial charge in [-0.1, -0.05) is 6.82 Å². The van der Waals surface area contributed by atoms with Gasteiger partial charge in [0.2, 0.25) is 0 Å². The van der Waals surface area contributed by atoms with E-state index in [-0.39, 0.29) is 6.42 Å². The highest BCUT2D eigenvalue weighted by Gasteiger charge is 2.21. The molecule has 5 heteroatoms. The summed E-state index contributed by atoms with van der Waals surface area (Å²) in [6.45, 7) is 1.70. The van der Waals surface area contributed by atoms with Gasteiger partial charge in [-0.05, 0) is 0 Å². The molecule has 0 aromatic rings. The van der Waals surface area contributed by atoms with E-state index in [1.165, 1.54) is 14.2 Å². The van der Waals surface area contributed by atoms with Crippen LogP contribution in [0.3, 0.4) is 0 Å². The molecule has 1 radical (unpaired) electrons. The molecule has 4 nitrogen and oxygen atoms in total. The second-order valence-corrected chi connectivity index (χ2v) is 2.24. The minimum Gasteiger partial charge on any atom is -0.469 e. The van der Waals surface area contributed by atoms with Crippen molar-refractivity contribution in [2.24, 2.45) is 0 Å². The number of rotatable bonds is 4. The Morgan fingerprint density at radius 2 is 1.92 bits per heavy atom. The van der Waals surface area contributed by atoms with Crippen molar-refractivity contribution in [3.05, 3.63) is 0 Å². The number of ether oxygens (including phenoxy) is 2. The van der Waals surface area contributed by atoms with Crippen LogP contribution in [-0.4, -0.2) is 33.4 Å². The highest BCUT2D eigenvalue weighted by atomic mass is 16.5. The van der Waals surface area contributed by atoms with Crippen LogP contribution in [0.15, 0.2) is 0 Å². The van der Waals surface area contributed by atoms with Crippen LogP contribution in [0.5, 0.6) is 0 Å². The van der Waals surface area contributed by atoms with Crippen molar-refractivity contribution in [1.82, 2.24) is 0 Å². The first-order chi connectivity index (χ1) is 5.65. The van der Waals surface area contributed by atoms with Gasteiger partial charge in [-0.25, -0.2) is 0 Å². The van der Waals surface area contributed by atoms with Crippen LogP contribution in [-0.2, 0) is 19.1 Å². The normalized spacial score (nSPS) is 11.6. The predicted octanol–water partition coefficient (Wildman–Crippen LogP) is 0.263. The monoisotopic (exact) mass is 171 g/mol. The molecule has 0 N–H and O–H groups in total. The number of hydrogen-bond acceptors (Lipinski definition) is 4. The summed E-state index contributed by atoms with van der Waals surface area (Å²) in [7, 11) is 4.19. The lowest BCUT2D eigenvalue weighted by Gasteiger charge is -2.09. The van der Waals surface area contributed by atoms with Crippen molar-refractivity contribution in [3.8, 4) is 0 Å². The maximum atomic E-state index is 10.9. The molecule has 1 unspecified atom stereocenters. The van der Waals surface area contributed by atoms with E-state index < -0.39 is 17.8 Å². The molecule has 0 spiro atoms. The molecule has 0 fully saturated rings. The third-order valence-corrected chi connectivity index (χ3v) is 1.52. The Morgan fingerprint density at radius 1 is 1.33 bits per heavy atom. The molecule has 0 saturated carbocycles. The summed E-state index contributed by atoms with van der Waals surface area (Å²) >= 11 is 0. The highest BCUT2D eigenvalue weighted by Crippen LogP contribution is 2.11. The fourth-order valence-corrected chi connectivity index (χ4v) is 0.752. The van der Waals surface area contributed by atoms with Crippen molar-refractivity contribution in [1.29, 1.82) is 0 Å². The lowest BCUT2D eigenvalue weighted by Crippen LogP contribution is -2.19. The number of carbonyl (C=O) groups is 2. The van der Waals surface area contributed by atoms with Crippen LogP contribution >= 0.6 is 0 Å². The van der Waals surface area contributed by atoms with Gasteiger partial charge in [-0.15, -0.1) is 0 Å². The minimum absolute atomic E-state index is 0.0413. The third-order valence-electron chi connectivity index (χ3n) is 1.52. The predicted molar refractivity (Wildman–Crippen MR) is 44.0 cm³/mol. The van der Waals surface area contributed by atoms with Gasteiger partial charge in [0.05, 0.1) is 20.6 Å². The number of hydrogen-bond donors (Lipinski definition) is 0. The average Bonchev–Trinajstić information content (AvgIpc) is 2.12. The molecule has 1 atom stereocenters. The first-order valence-corrected chi connectivity index (χ1v) is 3.59. The Morgan fingerprint density at radius 3 is 2.25 bits per heavy atom. The Hall–Kier alpha value is -0.995. The minimum atomic E-state index is -0.498. The molecule has 0 aromatic heterocycles. The molecule has 0 heterocycles. The molecule has 0 aliphatic heterocycles. The second-order valence-electron chi connectivity index (χ2n) is 2.24. The van der Waals surface area contributed by atoms with E-state index in [4.69, 9.17) is 0 Å². The summed E-state index contributed by atoms with van der Waals surface area (Å²) in [6.07, 6.45) is 0.0413. The molecule has 12 heavy (non-hydrogen) atoms. The van der Waals surface area contributed by atoms with Gasteiger partial charge in [-0.2, -0.15) is 0 Å². The molecule has 0 amide bonds. The second kappa shape index (κ2) is 5.63. The number of methoxy groups -OCH3 is 2. The summed E-state index contributed by atoms with van der Waals surface area (Å²) in [6, 6.07) is 0. The smallest absolute Gasteiger partial charge is 0.305 e. The van der Waals surface area contributed by atoms with Crippen LogP contribution in [0.4, 0.5) is 0 Å². The Kier molecular flexibility index (Phi) is 5.16. The summed E-state index contributed by atoms with van der Waals surface area (Å²) in [5.41, 5.74) is 0. The third kappa shape index (κ3) is 3.41. The number of esters is 2. The van der Waals surface area contributed by atoms with Gasteiger partial charge in [0.1, 0.15) is 7.28 Å². The Balaban J connectivity index is 3.99. The van der Waals surface area contributed by atoms with Crippen molar-refractivity contribution in [2.45, 2.75) is 19.1 Å². The summed E-state index contributed by atoms with van der Waals surface area (Å²) in [5, 5.41) is 0. The zero-order valence-electron chi connectivity index (χ0n) is 7.49. The lowest BCUT2D eigenvalue weighted by molar-refractivity contribution is -0.147. The molecule has 0 saturated heterocycles. The van der Waals surface area contributed by atoms with E-state index in [0.717, 1.165) is 0 Å². The summed E-state index contributed by atoms with van der Waals surface area (Å²) in [4.78, 5) is 21.7. The van der Waals surface area contributed by atoms with E-state index in [2.05, 4.69) is 9.47 Å². The van der Waals surface area contributed by atoms with E-state index in [1.807, 2.05) is 0 Å². The molecular formula is C7H12BO4. The average molecular weight is 171 g/mol. The SMILES string of the molecule is C[B]C(CC(=O)OC)C(=O)OC. The maximum Gasteiger partial charge on any atom is 0.305 e. The maximum absolute atomic E-state index is 10.9. The van der Waals surface area contributed by atoms with Gasteiger partial charge in [0.25, 0.3) is 0 Å². The van der Waals surface area contributed by atoms with Crippen molar-refractivity contribution < 1.29 is 19.1 Å². The fourth-order valence-electron chi connectivity index (χ4n) is 0.752. The molecule has 0 aliphatic rings. The summed E-state index contributed by atoms with van der Waals surface area (Å²) in [5.74, 6) is -1.33. The van der Waals surface area contributed by atoms with Crippen LogP contribution in [0.2, 0.25) is 12.6 Å². The highest BCUT2D eigenvalue weighted by molar-refractivity contribution is 6.42. The van der Waals surface area contributed by atoms with E-state index in [0.29, 0.717) is 0 Å². The molecule has 0 aliphatic carbocycles. The van der Waals surface area contributed by atoms with Gasteiger partial charge in [-0.3, -0.25) is 9.59 Å². The van der Waals surface area contributed by atoms with Crippen molar-refractivity contribution >= 4 is 19.2 Å². The summed E-state index contributed by atoms with van der Waals surface area (Å²) < 4.78 is 8.88. The molecule has 0 bridgehead atoms.